The summed E-state index contributed by atoms with van der Waals surface area (Å²) in [6, 6.07) is 11.9. The van der Waals surface area contributed by atoms with E-state index in [1.165, 1.54) is 0 Å². The minimum atomic E-state index is -0.482. The number of anilines is 1. The maximum atomic E-state index is 9.32. The molecule has 0 saturated carbocycles. The van der Waals surface area contributed by atoms with Crippen molar-refractivity contribution in [3.8, 4) is 17.0 Å². The van der Waals surface area contributed by atoms with Crippen molar-refractivity contribution in [2.45, 2.75) is 20.0 Å². The van der Waals surface area contributed by atoms with E-state index in [0.29, 0.717) is 0 Å². The number of furan rings is 1. The zero-order valence-corrected chi connectivity index (χ0v) is 16.5. The first-order chi connectivity index (χ1) is 13.6. The van der Waals surface area contributed by atoms with E-state index in [1.54, 1.807) is 13.1 Å². The fraction of sp³-hybridized carbons (Fsp3) is 0.409. The Labute approximate surface area is 165 Å². The highest BCUT2D eigenvalue weighted by atomic mass is 16.5. The lowest BCUT2D eigenvalue weighted by atomic mass is 10.1. The maximum Gasteiger partial charge on any atom is 0.196 e. The molecule has 0 bridgehead atoms. The number of benzene rings is 1. The van der Waals surface area contributed by atoms with Crippen LogP contribution in [-0.4, -0.2) is 60.4 Å². The highest BCUT2D eigenvalue weighted by Crippen LogP contribution is 2.30. The summed E-state index contributed by atoms with van der Waals surface area (Å²) in [7, 11) is 0. The number of aromatic nitrogens is 1. The second-order valence-corrected chi connectivity index (χ2v) is 7.30. The number of hydrogen-bond donors (Lipinski definition) is 1. The van der Waals surface area contributed by atoms with Gasteiger partial charge < -0.3 is 24.1 Å². The highest BCUT2D eigenvalue weighted by Gasteiger charge is 2.19. The zero-order valence-electron chi connectivity index (χ0n) is 16.5. The summed E-state index contributed by atoms with van der Waals surface area (Å²) < 4.78 is 11.6. The largest absolute Gasteiger partial charge is 0.491 e. The molecular weight excluding hydrogens is 354 g/mol. The smallest absolute Gasteiger partial charge is 0.196 e. The van der Waals surface area contributed by atoms with E-state index in [2.05, 4.69) is 33.8 Å². The standard InChI is InChI=1S/C22H27N3O3/c1-3-24-8-10-25(11-9-24)22-13-18-12-20(23-14-21(18)28-22)17-4-6-19(7-5-17)27-15-16(2)26/h4-7,12-14,16,26H,3,8-11,15H2,1-2H3/t16-/m1/s1. The van der Waals surface area contributed by atoms with Gasteiger partial charge in [0.25, 0.3) is 0 Å². The van der Waals surface area contributed by atoms with Crippen molar-refractivity contribution in [1.29, 1.82) is 0 Å². The molecule has 28 heavy (non-hydrogen) atoms. The van der Waals surface area contributed by atoms with E-state index in [-0.39, 0.29) is 6.61 Å². The van der Waals surface area contributed by atoms with Crippen LogP contribution in [0.2, 0.25) is 0 Å². The number of hydrogen-bond acceptors (Lipinski definition) is 6. The summed E-state index contributed by atoms with van der Waals surface area (Å²) in [6.07, 6.45) is 1.32. The third-order valence-corrected chi connectivity index (χ3v) is 5.16. The summed E-state index contributed by atoms with van der Waals surface area (Å²) in [4.78, 5) is 9.32. The molecular formula is C22H27N3O3. The molecule has 1 aliphatic heterocycles. The molecule has 0 unspecified atom stereocenters. The number of likely N-dealkylation sites (N-methyl/N-ethyl adjacent to an activating group) is 1. The zero-order chi connectivity index (χ0) is 19.5. The Kier molecular flexibility index (Phi) is 5.50. The molecule has 0 aliphatic carbocycles. The van der Waals surface area contributed by atoms with Crippen LogP contribution in [0, 0.1) is 0 Å². The predicted molar refractivity (Wildman–Crippen MR) is 111 cm³/mol. The van der Waals surface area contributed by atoms with Crippen molar-refractivity contribution in [1.82, 2.24) is 9.88 Å². The molecule has 2 aromatic heterocycles. The van der Waals surface area contributed by atoms with E-state index >= 15 is 0 Å². The molecule has 1 aliphatic rings. The summed E-state index contributed by atoms with van der Waals surface area (Å²) in [5.41, 5.74) is 2.73. The SMILES string of the molecule is CCN1CCN(c2cc3cc(-c4ccc(OC[C@@H](C)O)cc4)ncc3o2)CC1. The average Bonchev–Trinajstić information content (AvgIpc) is 3.16. The molecule has 148 valence electrons. The van der Waals surface area contributed by atoms with Gasteiger partial charge in [-0.1, -0.05) is 6.92 Å². The Balaban J connectivity index is 1.50. The number of aliphatic hydroxyl groups excluding tert-OH is 1. The van der Waals surface area contributed by atoms with Crippen LogP contribution in [0.5, 0.6) is 5.75 Å². The first kappa shape index (κ1) is 18.8. The Morgan fingerprint density at radius 1 is 1.14 bits per heavy atom. The third-order valence-electron chi connectivity index (χ3n) is 5.16. The first-order valence-electron chi connectivity index (χ1n) is 9.90. The van der Waals surface area contributed by atoms with Gasteiger partial charge in [-0.05, 0) is 43.8 Å². The van der Waals surface area contributed by atoms with Gasteiger partial charge in [-0.15, -0.1) is 0 Å². The van der Waals surface area contributed by atoms with Crippen molar-refractivity contribution in [2.24, 2.45) is 0 Å². The summed E-state index contributed by atoms with van der Waals surface area (Å²) in [5, 5.41) is 10.4. The monoisotopic (exact) mass is 381 g/mol. The molecule has 0 radical (unpaired) electrons. The van der Waals surface area contributed by atoms with Crippen molar-refractivity contribution < 1.29 is 14.3 Å². The number of aliphatic hydroxyl groups is 1. The number of rotatable bonds is 6. The van der Waals surface area contributed by atoms with Gasteiger partial charge in [-0.2, -0.15) is 0 Å². The Bertz CT molecular complexity index is 912. The lowest BCUT2D eigenvalue weighted by Crippen LogP contribution is -2.46. The molecule has 3 aromatic rings. The number of fused-ring (bicyclic) bond motifs is 1. The lowest BCUT2D eigenvalue weighted by Gasteiger charge is -2.33. The summed E-state index contributed by atoms with van der Waals surface area (Å²) in [6.45, 7) is 9.41. The number of pyridine rings is 1. The maximum absolute atomic E-state index is 9.32. The Morgan fingerprint density at radius 3 is 2.57 bits per heavy atom. The van der Waals surface area contributed by atoms with Gasteiger partial charge >= 0.3 is 0 Å². The second-order valence-electron chi connectivity index (χ2n) is 7.30. The molecule has 1 atom stereocenters. The molecule has 4 rings (SSSR count). The van der Waals surface area contributed by atoms with Gasteiger partial charge in [0.2, 0.25) is 0 Å². The first-order valence-corrected chi connectivity index (χ1v) is 9.90. The molecule has 6 heteroatoms. The minimum absolute atomic E-state index is 0.286. The minimum Gasteiger partial charge on any atom is -0.491 e. The summed E-state index contributed by atoms with van der Waals surface area (Å²) in [5.74, 6) is 1.66. The van der Waals surface area contributed by atoms with Gasteiger partial charge in [0.05, 0.1) is 18.0 Å². The van der Waals surface area contributed by atoms with E-state index in [9.17, 15) is 5.11 Å². The van der Waals surface area contributed by atoms with Crippen molar-refractivity contribution in [3.63, 3.8) is 0 Å². The topological polar surface area (TPSA) is 62.0 Å². The van der Waals surface area contributed by atoms with Gasteiger partial charge in [-0.25, -0.2) is 0 Å². The predicted octanol–water partition coefficient (Wildman–Crippen LogP) is 3.40. The Hall–Kier alpha value is -2.57. The van der Waals surface area contributed by atoms with Gasteiger partial charge in [0, 0.05) is 43.2 Å². The molecule has 1 fully saturated rings. The van der Waals surface area contributed by atoms with Crippen molar-refractivity contribution in [3.05, 3.63) is 42.6 Å². The highest BCUT2D eigenvalue weighted by molar-refractivity contribution is 5.84. The fourth-order valence-electron chi connectivity index (χ4n) is 3.47. The van der Waals surface area contributed by atoms with Gasteiger partial charge in [0.1, 0.15) is 12.4 Å². The average molecular weight is 381 g/mol. The third kappa shape index (κ3) is 4.13. The molecule has 0 amide bonds. The van der Waals surface area contributed by atoms with Crippen LogP contribution >= 0.6 is 0 Å². The van der Waals surface area contributed by atoms with Crippen LogP contribution in [0.15, 0.2) is 47.0 Å². The molecule has 0 spiro atoms. The van der Waals surface area contributed by atoms with Crippen LogP contribution in [0.25, 0.3) is 22.2 Å². The fourth-order valence-corrected chi connectivity index (χ4v) is 3.47. The van der Waals surface area contributed by atoms with E-state index < -0.39 is 6.10 Å². The lowest BCUT2D eigenvalue weighted by molar-refractivity contribution is 0.123. The van der Waals surface area contributed by atoms with Crippen molar-refractivity contribution >= 4 is 16.9 Å². The normalized spacial score (nSPS) is 16.5. The molecule has 3 heterocycles. The van der Waals surface area contributed by atoms with Crippen LogP contribution in [0.3, 0.4) is 0 Å². The van der Waals surface area contributed by atoms with Crippen LogP contribution < -0.4 is 9.64 Å². The molecule has 1 N–H and O–H groups in total. The van der Waals surface area contributed by atoms with Crippen LogP contribution in [0.1, 0.15) is 13.8 Å². The number of ether oxygens (including phenoxy) is 1. The molecule has 1 aromatic carbocycles. The molecule has 1 saturated heterocycles. The second kappa shape index (κ2) is 8.20. The Morgan fingerprint density at radius 2 is 1.89 bits per heavy atom. The van der Waals surface area contributed by atoms with Gasteiger partial charge in [-0.3, -0.25) is 4.98 Å². The van der Waals surface area contributed by atoms with E-state index in [0.717, 1.165) is 66.6 Å². The van der Waals surface area contributed by atoms with Gasteiger partial charge in [0.15, 0.2) is 11.5 Å². The van der Waals surface area contributed by atoms with Crippen LogP contribution in [-0.2, 0) is 0 Å². The van der Waals surface area contributed by atoms with Crippen LogP contribution in [0.4, 0.5) is 5.88 Å². The van der Waals surface area contributed by atoms with Crippen molar-refractivity contribution in [2.75, 3.05) is 44.2 Å². The summed E-state index contributed by atoms with van der Waals surface area (Å²) >= 11 is 0. The molecule has 6 nitrogen and oxygen atoms in total. The number of piperazine rings is 1. The quantitative estimate of drug-likeness (QED) is 0.706. The van der Waals surface area contributed by atoms with E-state index in [4.69, 9.17) is 9.15 Å². The number of nitrogens with zero attached hydrogens (tertiary/aromatic N) is 3. The van der Waals surface area contributed by atoms with E-state index in [1.807, 2.05) is 24.3 Å².